The van der Waals surface area contributed by atoms with Gasteiger partial charge in [0.2, 0.25) is 0 Å². The van der Waals surface area contributed by atoms with Gasteiger partial charge in [-0.05, 0) is 6.92 Å². The standard InChI is InChI=1S/C2H3Cl3.C2H3N/c1-2(3,4)5;1-2-3/h1H3;1H3. The van der Waals surface area contributed by atoms with E-state index in [4.69, 9.17) is 40.1 Å². The molecule has 0 rings (SSSR count). The van der Waals surface area contributed by atoms with Crippen molar-refractivity contribution in [3.8, 4) is 6.07 Å². The highest BCUT2D eigenvalue weighted by Crippen LogP contribution is 2.23. The molecule has 0 atom stereocenters. The van der Waals surface area contributed by atoms with Crippen molar-refractivity contribution in [2.75, 3.05) is 0 Å². The quantitative estimate of drug-likeness (QED) is 0.518. The van der Waals surface area contributed by atoms with E-state index in [1.54, 1.807) is 6.07 Å². The van der Waals surface area contributed by atoms with E-state index in [0.717, 1.165) is 0 Å². The maximum Gasteiger partial charge on any atom is 0.187 e. The van der Waals surface area contributed by atoms with Gasteiger partial charge in [-0.1, -0.05) is 34.8 Å². The Morgan fingerprint density at radius 2 is 1.38 bits per heavy atom. The van der Waals surface area contributed by atoms with Crippen molar-refractivity contribution >= 4 is 34.8 Å². The van der Waals surface area contributed by atoms with Crippen LogP contribution in [-0.4, -0.2) is 3.79 Å². The molecule has 8 heavy (non-hydrogen) atoms. The number of hydrogen-bond donors (Lipinski definition) is 0. The number of nitrogens with zero attached hydrogens (tertiary/aromatic N) is 1. The van der Waals surface area contributed by atoms with Gasteiger partial charge in [0, 0.05) is 6.92 Å². The van der Waals surface area contributed by atoms with Crippen LogP contribution >= 0.6 is 34.8 Å². The Hall–Kier alpha value is 0.360. The molecule has 0 bridgehead atoms. The molecule has 0 radical (unpaired) electrons. The fraction of sp³-hybridized carbons (Fsp3) is 0.750. The Bertz CT molecular complexity index is 72.3. The van der Waals surface area contributed by atoms with Crippen molar-refractivity contribution in [3.05, 3.63) is 0 Å². The lowest BCUT2D eigenvalue weighted by Crippen LogP contribution is -1.87. The molecule has 0 saturated carbocycles. The van der Waals surface area contributed by atoms with Crippen LogP contribution in [0.2, 0.25) is 0 Å². The fourth-order valence-electron chi connectivity index (χ4n) is 0. The maximum atomic E-state index is 7.32. The van der Waals surface area contributed by atoms with Crippen LogP contribution in [0.15, 0.2) is 0 Å². The summed E-state index contributed by atoms with van der Waals surface area (Å²) in [5, 5.41) is 7.32. The molecule has 0 aromatic rings. The summed E-state index contributed by atoms with van der Waals surface area (Å²) in [7, 11) is 0. The molecule has 0 aliphatic rings. The molecular formula is C4H6Cl3N. The molecule has 0 amide bonds. The van der Waals surface area contributed by atoms with Crippen molar-refractivity contribution in [1.29, 1.82) is 5.26 Å². The van der Waals surface area contributed by atoms with Gasteiger partial charge in [-0.25, -0.2) is 0 Å². The van der Waals surface area contributed by atoms with Gasteiger partial charge in [0.25, 0.3) is 0 Å². The summed E-state index contributed by atoms with van der Waals surface area (Å²) in [5.41, 5.74) is 0. The van der Waals surface area contributed by atoms with E-state index in [-0.39, 0.29) is 0 Å². The first-order valence-corrected chi connectivity index (χ1v) is 2.92. The molecule has 0 saturated heterocycles. The van der Waals surface area contributed by atoms with E-state index in [2.05, 4.69) is 0 Å². The number of hydrogen-bond acceptors (Lipinski definition) is 1. The molecule has 0 spiro atoms. The maximum absolute atomic E-state index is 7.32. The SMILES string of the molecule is CC#N.CC(Cl)(Cl)Cl. The summed E-state index contributed by atoms with van der Waals surface area (Å²) in [6.45, 7) is 2.91. The Balaban J connectivity index is 0. The topological polar surface area (TPSA) is 23.8 Å². The van der Waals surface area contributed by atoms with Gasteiger partial charge in [-0.3, -0.25) is 0 Å². The zero-order chi connectivity index (χ0) is 7.21. The summed E-state index contributed by atoms with van der Waals surface area (Å²) < 4.78 is -1.08. The Labute approximate surface area is 64.1 Å². The molecule has 0 aliphatic carbocycles. The molecule has 0 N–H and O–H groups in total. The highest BCUT2D eigenvalue weighted by Gasteiger charge is 2.07. The predicted octanol–water partition coefficient (Wildman–Crippen LogP) is 2.91. The van der Waals surface area contributed by atoms with E-state index in [1.165, 1.54) is 13.8 Å². The summed E-state index contributed by atoms with van der Waals surface area (Å²) in [4.78, 5) is 0. The van der Waals surface area contributed by atoms with Crippen LogP contribution in [0.1, 0.15) is 13.8 Å². The first kappa shape index (κ1) is 11.2. The van der Waals surface area contributed by atoms with Gasteiger partial charge in [0.05, 0.1) is 6.07 Å². The molecule has 0 fully saturated rings. The first-order valence-electron chi connectivity index (χ1n) is 1.79. The Kier molecular flexibility index (Phi) is 7.69. The highest BCUT2D eigenvalue weighted by atomic mass is 35.6. The van der Waals surface area contributed by atoms with Crippen molar-refractivity contribution in [2.45, 2.75) is 17.6 Å². The lowest BCUT2D eigenvalue weighted by atomic mass is 10.9. The van der Waals surface area contributed by atoms with Gasteiger partial charge >= 0.3 is 0 Å². The van der Waals surface area contributed by atoms with E-state index in [9.17, 15) is 0 Å². The summed E-state index contributed by atoms with van der Waals surface area (Å²) in [6, 6.07) is 1.75. The second-order valence-corrected chi connectivity index (χ2v) is 3.85. The average molecular weight is 174 g/mol. The van der Waals surface area contributed by atoms with Gasteiger partial charge in [-0.15, -0.1) is 0 Å². The van der Waals surface area contributed by atoms with Crippen LogP contribution < -0.4 is 0 Å². The number of alkyl halides is 3. The van der Waals surface area contributed by atoms with Gasteiger partial charge in [0.1, 0.15) is 0 Å². The van der Waals surface area contributed by atoms with Crippen molar-refractivity contribution in [2.24, 2.45) is 0 Å². The molecule has 0 unspecified atom stereocenters. The molecule has 48 valence electrons. The molecule has 0 heterocycles. The molecular weight excluding hydrogens is 168 g/mol. The number of halogens is 3. The van der Waals surface area contributed by atoms with Crippen LogP contribution in [0.4, 0.5) is 0 Å². The molecule has 0 aromatic carbocycles. The first-order chi connectivity index (χ1) is 3.41. The fourth-order valence-corrected chi connectivity index (χ4v) is 0. The van der Waals surface area contributed by atoms with Crippen LogP contribution in [-0.2, 0) is 0 Å². The molecule has 4 heteroatoms. The molecule has 1 nitrogen and oxygen atoms in total. The normalized spacial score (nSPS) is 8.50. The minimum atomic E-state index is -1.08. The van der Waals surface area contributed by atoms with Crippen molar-refractivity contribution < 1.29 is 0 Å². The van der Waals surface area contributed by atoms with Crippen molar-refractivity contribution in [1.82, 2.24) is 0 Å². The monoisotopic (exact) mass is 173 g/mol. The van der Waals surface area contributed by atoms with E-state index < -0.39 is 3.79 Å². The number of nitriles is 1. The lowest BCUT2D eigenvalue weighted by molar-refractivity contribution is 1.27. The minimum absolute atomic E-state index is 1.08. The third-order valence-electron chi connectivity index (χ3n) is 0. The second kappa shape index (κ2) is 5.50. The van der Waals surface area contributed by atoms with Gasteiger partial charge in [-0.2, -0.15) is 5.26 Å². The predicted molar refractivity (Wildman–Crippen MR) is 37.3 cm³/mol. The van der Waals surface area contributed by atoms with Gasteiger partial charge in [0.15, 0.2) is 3.79 Å². The summed E-state index contributed by atoms with van der Waals surface area (Å²) in [5.74, 6) is 0. The smallest absolute Gasteiger partial charge is 0.187 e. The molecule has 0 aliphatic heterocycles. The highest BCUT2D eigenvalue weighted by molar-refractivity contribution is 6.67. The third kappa shape index (κ3) is 1410. The zero-order valence-electron chi connectivity index (χ0n) is 4.58. The van der Waals surface area contributed by atoms with E-state index >= 15 is 0 Å². The van der Waals surface area contributed by atoms with Gasteiger partial charge < -0.3 is 0 Å². The van der Waals surface area contributed by atoms with E-state index in [0.29, 0.717) is 0 Å². The Morgan fingerprint density at radius 3 is 1.38 bits per heavy atom. The summed E-state index contributed by atoms with van der Waals surface area (Å²) >= 11 is 15.2. The average Bonchev–Trinajstić information content (AvgIpc) is 1.27. The lowest BCUT2D eigenvalue weighted by Gasteiger charge is -1.94. The van der Waals surface area contributed by atoms with Crippen LogP contribution in [0.5, 0.6) is 0 Å². The van der Waals surface area contributed by atoms with Crippen LogP contribution in [0.25, 0.3) is 0 Å². The van der Waals surface area contributed by atoms with Crippen molar-refractivity contribution in [3.63, 3.8) is 0 Å². The zero-order valence-corrected chi connectivity index (χ0v) is 6.85. The second-order valence-electron chi connectivity index (χ2n) is 1.00. The number of rotatable bonds is 0. The largest absolute Gasteiger partial charge is 0.199 e. The van der Waals surface area contributed by atoms with Crippen LogP contribution in [0, 0.1) is 11.3 Å². The minimum Gasteiger partial charge on any atom is -0.199 e. The van der Waals surface area contributed by atoms with Crippen LogP contribution in [0.3, 0.4) is 0 Å². The third-order valence-corrected chi connectivity index (χ3v) is 0. The van der Waals surface area contributed by atoms with E-state index in [1.807, 2.05) is 0 Å². The Morgan fingerprint density at radius 1 is 1.38 bits per heavy atom. The summed E-state index contributed by atoms with van der Waals surface area (Å²) in [6.07, 6.45) is 0. The molecule has 0 aromatic heterocycles.